The molecule has 0 bridgehead atoms. The molecule has 0 radical (unpaired) electrons. The molecule has 1 aliphatic rings. The first-order chi connectivity index (χ1) is 11.5. The van der Waals surface area contributed by atoms with E-state index in [1.54, 1.807) is 0 Å². The molecule has 1 amide bonds. The van der Waals surface area contributed by atoms with Gasteiger partial charge in [0.15, 0.2) is 0 Å². The van der Waals surface area contributed by atoms with Gasteiger partial charge in [0, 0.05) is 6.54 Å². The number of carbonyl (C=O) groups is 1. The van der Waals surface area contributed by atoms with Gasteiger partial charge in [0.05, 0.1) is 42.4 Å². The van der Waals surface area contributed by atoms with Crippen LogP contribution in [0.15, 0.2) is 30.3 Å². The van der Waals surface area contributed by atoms with E-state index in [4.69, 9.17) is 4.74 Å². The second-order valence-electron chi connectivity index (χ2n) is 6.36. The molecule has 0 saturated carbocycles. The number of morpholine rings is 1. The summed E-state index contributed by atoms with van der Waals surface area (Å²) in [4.78, 5) is 14.7. The molecule has 128 valence electrons. The monoisotopic (exact) mass is 328 g/mol. The summed E-state index contributed by atoms with van der Waals surface area (Å²) in [5.74, 6) is -0.0300. The largest absolute Gasteiger partial charge is 0.375 e. The highest BCUT2D eigenvalue weighted by Crippen LogP contribution is 2.26. The number of carbonyl (C=O) groups excluding carboxylic acids is 1. The Labute approximate surface area is 142 Å². The number of rotatable bonds is 4. The Morgan fingerprint density at radius 1 is 1.38 bits per heavy atom. The van der Waals surface area contributed by atoms with Crippen molar-refractivity contribution in [2.45, 2.75) is 32.9 Å². The Balaban J connectivity index is 1.71. The molecule has 2 atom stereocenters. The van der Waals surface area contributed by atoms with Crippen LogP contribution in [0.3, 0.4) is 0 Å². The van der Waals surface area contributed by atoms with Crippen LogP contribution in [0.4, 0.5) is 5.69 Å². The van der Waals surface area contributed by atoms with Gasteiger partial charge in [-0.3, -0.25) is 14.8 Å². The number of aryl methyl sites for hydroxylation is 2. The second kappa shape index (κ2) is 7.15. The fraction of sp³-hybridized carbons (Fsp3) is 0.444. The second-order valence-corrected chi connectivity index (χ2v) is 6.36. The van der Waals surface area contributed by atoms with Crippen molar-refractivity contribution in [1.82, 2.24) is 15.1 Å². The standard InChI is InChI=1S/C18H24N4O2/c1-12-9-22(16(11-24-12)15-7-5-4-6-8-15)10-17(23)19-18-13(2)20-21-14(18)3/h4-8,12,16H,9-11H2,1-3H3,(H,19,23)(H,20,21). The minimum Gasteiger partial charge on any atom is -0.375 e. The van der Waals surface area contributed by atoms with Crippen molar-refractivity contribution in [3.63, 3.8) is 0 Å². The molecule has 6 heteroatoms. The third-order valence-corrected chi connectivity index (χ3v) is 4.39. The molecule has 2 aromatic rings. The highest BCUT2D eigenvalue weighted by molar-refractivity contribution is 5.93. The number of nitrogens with one attached hydrogen (secondary N) is 2. The van der Waals surface area contributed by atoms with Gasteiger partial charge in [0.2, 0.25) is 5.91 Å². The SMILES string of the molecule is Cc1n[nH]c(C)c1NC(=O)CN1CC(C)OCC1c1ccccc1. The van der Waals surface area contributed by atoms with E-state index in [9.17, 15) is 4.79 Å². The average Bonchev–Trinajstić information content (AvgIpc) is 2.88. The first kappa shape index (κ1) is 16.7. The van der Waals surface area contributed by atoms with Crippen LogP contribution in [0.1, 0.15) is 29.9 Å². The molecular weight excluding hydrogens is 304 g/mol. The fourth-order valence-electron chi connectivity index (χ4n) is 3.13. The third-order valence-electron chi connectivity index (χ3n) is 4.39. The predicted octanol–water partition coefficient (Wildman–Crippen LogP) is 2.43. The topological polar surface area (TPSA) is 70.2 Å². The maximum atomic E-state index is 12.5. The molecule has 1 aromatic heterocycles. The summed E-state index contributed by atoms with van der Waals surface area (Å²) in [6.07, 6.45) is 0.121. The summed E-state index contributed by atoms with van der Waals surface area (Å²) in [6, 6.07) is 10.3. The molecule has 1 aromatic carbocycles. The minimum absolute atomic E-state index is 0.0300. The van der Waals surface area contributed by atoms with E-state index in [0.29, 0.717) is 13.2 Å². The Kier molecular flexibility index (Phi) is 4.97. The summed E-state index contributed by atoms with van der Waals surface area (Å²) in [5, 5.41) is 9.98. The summed E-state index contributed by atoms with van der Waals surface area (Å²) in [7, 11) is 0. The highest BCUT2D eigenvalue weighted by atomic mass is 16.5. The first-order valence-corrected chi connectivity index (χ1v) is 8.26. The number of hydrogen-bond donors (Lipinski definition) is 2. The van der Waals surface area contributed by atoms with E-state index in [0.717, 1.165) is 23.6 Å². The lowest BCUT2D eigenvalue weighted by Gasteiger charge is -2.38. The van der Waals surface area contributed by atoms with Crippen LogP contribution in [0, 0.1) is 13.8 Å². The van der Waals surface area contributed by atoms with Crippen molar-refractivity contribution in [2.24, 2.45) is 0 Å². The molecular formula is C18H24N4O2. The number of amides is 1. The van der Waals surface area contributed by atoms with Crippen molar-refractivity contribution >= 4 is 11.6 Å². The van der Waals surface area contributed by atoms with Gasteiger partial charge < -0.3 is 10.1 Å². The number of aromatic amines is 1. The number of benzene rings is 1. The lowest BCUT2D eigenvalue weighted by atomic mass is 10.0. The Morgan fingerprint density at radius 3 is 2.79 bits per heavy atom. The fourth-order valence-corrected chi connectivity index (χ4v) is 3.13. The van der Waals surface area contributed by atoms with Crippen LogP contribution < -0.4 is 5.32 Å². The molecule has 1 saturated heterocycles. The molecule has 24 heavy (non-hydrogen) atoms. The Morgan fingerprint density at radius 2 is 2.12 bits per heavy atom. The van der Waals surface area contributed by atoms with Crippen molar-refractivity contribution < 1.29 is 9.53 Å². The molecule has 1 aliphatic heterocycles. The summed E-state index contributed by atoms with van der Waals surface area (Å²) < 4.78 is 5.81. The number of anilines is 1. The smallest absolute Gasteiger partial charge is 0.238 e. The normalized spacial score (nSPS) is 21.6. The van der Waals surface area contributed by atoms with Crippen LogP contribution in [0.5, 0.6) is 0 Å². The highest BCUT2D eigenvalue weighted by Gasteiger charge is 2.29. The molecule has 6 nitrogen and oxygen atoms in total. The van der Waals surface area contributed by atoms with Gasteiger partial charge in [-0.2, -0.15) is 5.10 Å². The average molecular weight is 328 g/mol. The summed E-state index contributed by atoms with van der Waals surface area (Å²) >= 11 is 0. The molecule has 3 rings (SSSR count). The molecule has 2 N–H and O–H groups in total. The molecule has 0 aliphatic carbocycles. The van der Waals surface area contributed by atoms with Gasteiger partial charge in [-0.05, 0) is 26.3 Å². The molecule has 1 fully saturated rings. The quantitative estimate of drug-likeness (QED) is 0.904. The summed E-state index contributed by atoms with van der Waals surface area (Å²) in [5.41, 5.74) is 3.62. The Bertz CT molecular complexity index is 679. The van der Waals surface area contributed by atoms with E-state index >= 15 is 0 Å². The number of hydrogen-bond acceptors (Lipinski definition) is 4. The first-order valence-electron chi connectivity index (χ1n) is 8.26. The third kappa shape index (κ3) is 3.66. The zero-order chi connectivity index (χ0) is 17.1. The van der Waals surface area contributed by atoms with Gasteiger partial charge in [0.1, 0.15) is 0 Å². The van der Waals surface area contributed by atoms with E-state index in [-0.39, 0.29) is 18.1 Å². The van der Waals surface area contributed by atoms with E-state index in [1.807, 2.05) is 39.0 Å². The van der Waals surface area contributed by atoms with Gasteiger partial charge >= 0.3 is 0 Å². The Hall–Kier alpha value is -2.18. The van der Waals surface area contributed by atoms with Gasteiger partial charge in [-0.1, -0.05) is 30.3 Å². The lowest BCUT2D eigenvalue weighted by molar-refractivity contribution is -0.121. The zero-order valence-corrected chi connectivity index (χ0v) is 14.4. The van der Waals surface area contributed by atoms with Crippen LogP contribution in [-0.4, -0.2) is 46.8 Å². The van der Waals surface area contributed by atoms with Crippen LogP contribution in [0.25, 0.3) is 0 Å². The van der Waals surface area contributed by atoms with Crippen molar-refractivity contribution in [3.8, 4) is 0 Å². The number of ether oxygens (including phenoxy) is 1. The number of aromatic nitrogens is 2. The van der Waals surface area contributed by atoms with Crippen molar-refractivity contribution in [2.75, 3.05) is 25.0 Å². The number of H-pyrrole nitrogens is 1. The van der Waals surface area contributed by atoms with Crippen LogP contribution >= 0.6 is 0 Å². The minimum atomic E-state index is -0.0300. The molecule has 2 unspecified atom stereocenters. The summed E-state index contributed by atoms with van der Waals surface area (Å²) in [6.45, 7) is 7.48. The molecule has 0 spiro atoms. The van der Waals surface area contributed by atoms with Crippen LogP contribution in [0.2, 0.25) is 0 Å². The van der Waals surface area contributed by atoms with Crippen LogP contribution in [-0.2, 0) is 9.53 Å². The van der Waals surface area contributed by atoms with Crippen molar-refractivity contribution in [3.05, 3.63) is 47.3 Å². The maximum absolute atomic E-state index is 12.5. The van der Waals surface area contributed by atoms with Gasteiger partial charge in [0.25, 0.3) is 0 Å². The predicted molar refractivity (Wildman–Crippen MR) is 92.9 cm³/mol. The maximum Gasteiger partial charge on any atom is 0.238 e. The van der Waals surface area contributed by atoms with E-state index < -0.39 is 0 Å². The van der Waals surface area contributed by atoms with Crippen molar-refractivity contribution in [1.29, 1.82) is 0 Å². The lowest BCUT2D eigenvalue weighted by Crippen LogP contribution is -2.46. The molecule has 2 heterocycles. The number of nitrogens with zero attached hydrogens (tertiary/aromatic N) is 2. The van der Waals surface area contributed by atoms with E-state index in [2.05, 4.69) is 32.5 Å². The van der Waals surface area contributed by atoms with E-state index in [1.165, 1.54) is 5.56 Å². The van der Waals surface area contributed by atoms with Gasteiger partial charge in [-0.15, -0.1) is 0 Å². The zero-order valence-electron chi connectivity index (χ0n) is 14.4. The van der Waals surface area contributed by atoms with Gasteiger partial charge in [-0.25, -0.2) is 0 Å².